The van der Waals surface area contributed by atoms with E-state index in [9.17, 15) is 4.79 Å². The zero-order valence-electron chi connectivity index (χ0n) is 11.6. The maximum absolute atomic E-state index is 12.3. The van der Waals surface area contributed by atoms with Gasteiger partial charge in [0.15, 0.2) is 0 Å². The summed E-state index contributed by atoms with van der Waals surface area (Å²) in [6.07, 6.45) is 5.36. The Morgan fingerprint density at radius 1 is 1.24 bits per heavy atom. The van der Waals surface area contributed by atoms with Crippen molar-refractivity contribution in [2.24, 2.45) is 0 Å². The molecule has 0 spiro atoms. The largest absolute Gasteiger partial charge is 0.334 e. The lowest BCUT2D eigenvalue weighted by Gasteiger charge is -2.15. The topological polar surface area (TPSA) is 66.8 Å². The Morgan fingerprint density at radius 3 is 2.57 bits per heavy atom. The van der Waals surface area contributed by atoms with Gasteiger partial charge in [0.25, 0.3) is 5.91 Å². The second kappa shape index (κ2) is 5.62. The number of carbonyl (C=O) groups excluding carboxylic acids is 1. The lowest BCUT2D eigenvalue weighted by atomic mass is 10.2. The van der Waals surface area contributed by atoms with Gasteiger partial charge in [0.2, 0.25) is 0 Å². The molecule has 1 amide bonds. The quantitative estimate of drug-likeness (QED) is 0.794. The van der Waals surface area contributed by atoms with Gasteiger partial charge in [0.05, 0.1) is 6.54 Å². The van der Waals surface area contributed by atoms with Gasteiger partial charge in [0, 0.05) is 30.7 Å². The molecular formula is C15H15N5O. The Balaban J connectivity index is 1.72. The predicted octanol–water partition coefficient (Wildman–Crippen LogP) is 1.87. The van der Waals surface area contributed by atoms with E-state index in [0.29, 0.717) is 17.9 Å². The number of benzene rings is 1. The van der Waals surface area contributed by atoms with E-state index in [-0.39, 0.29) is 5.91 Å². The predicted molar refractivity (Wildman–Crippen MR) is 77.9 cm³/mol. The van der Waals surface area contributed by atoms with E-state index in [1.54, 1.807) is 11.9 Å². The summed E-state index contributed by atoms with van der Waals surface area (Å²) in [5, 5.41) is 6.51. The number of nitrogens with zero attached hydrogens (tertiary/aromatic N) is 4. The molecule has 1 aromatic carbocycles. The summed E-state index contributed by atoms with van der Waals surface area (Å²) in [4.78, 5) is 17.9. The van der Waals surface area contributed by atoms with Crippen LogP contribution in [0.5, 0.6) is 0 Å². The van der Waals surface area contributed by atoms with Gasteiger partial charge in [-0.1, -0.05) is 0 Å². The summed E-state index contributed by atoms with van der Waals surface area (Å²) >= 11 is 0. The molecule has 2 aromatic heterocycles. The Morgan fingerprint density at radius 2 is 1.95 bits per heavy atom. The number of rotatable bonds is 4. The third-order valence-corrected chi connectivity index (χ3v) is 3.22. The first-order chi connectivity index (χ1) is 10.2. The second-order valence-electron chi connectivity index (χ2n) is 4.73. The monoisotopic (exact) mass is 281 g/mol. The van der Waals surface area contributed by atoms with Crippen LogP contribution in [0, 0.1) is 0 Å². The van der Waals surface area contributed by atoms with Gasteiger partial charge < -0.3 is 9.47 Å². The van der Waals surface area contributed by atoms with Crippen molar-refractivity contribution in [1.29, 1.82) is 0 Å². The minimum Gasteiger partial charge on any atom is -0.334 e. The highest BCUT2D eigenvalue weighted by Gasteiger charge is 2.13. The molecule has 2 heterocycles. The van der Waals surface area contributed by atoms with E-state index in [1.807, 2.05) is 53.4 Å². The van der Waals surface area contributed by atoms with Gasteiger partial charge in [-0.3, -0.25) is 9.89 Å². The fourth-order valence-electron chi connectivity index (χ4n) is 2.11. The molecule has 0 saturated heterocycles. The Bertz CT molecular complexity index is 701. The molecule has 0 aliphatic rings. The molecule has 0 aliphatic heterocycles. The van der Waals surface area contributed by atoms with E-state index in [2.05, 4.69) is 15.2 Å². The first-order valence-electron chi connectivity index (χ1n) is 6.57. The van der Waals surface area contributed by atoms with Crippen LogP contribution in [0.2, 0.25) is 0 Å². The van der Waals surface area contributed by atoms with E-state index < -0.39 is 0 Å². The van der Waals surface area contributed by atoms with Crippen LogP contribution in [0.1, 0.15) is 16.2 Å². The molecule has 0 saturated carbocycles. The lowest BCUT2D eigenvalue weighted by molar-refractivity contribution is 0.0781. The smallest absolute Gasteiger partial charge is 0.254 e. The standard InChI is InChI=1S/C15H15N5O/c1-19(10-14-16-11-17-18-14)15(21)12-4-6-13(7-5-12)20-8-2-3-9-20/h2-9,11H,10H2,1H3,(H,16,17,18). The first-order valence-corrected chi connectivity index (χ1v) is 6.57. The van der Waals surface area contributed by atoms with Crippen LogP contribution >= 0.6 is 0 Å². The van der Waals surface area contributed by atoms with Gasteiger partial charge in [0.1, 0.15) is 12.2 Å². The van der Waals surface area contributed by atoms with Gasteiger partial charge in [-0.05, 0) is 36.4 Å². The molecule has 0 aliphatic carbocycles. The molecule has 6 nitrogen and oxygen atoms in total. The molecule has 3 aromatic rings. The van der Waals surface area contributed by atoms with Crippen molar-refractivity contribution < 1.29 is 4.79 Å². The molecule has 21 heavy (non-hydrogen) atoms. The summed E-state index contributed by atoms with van der Waals surface area (Å²) in [6.45, 7) is 0.401. The number of carbonyl (C=O) groups is 1. The van der Waals surface area contributed by atoms with Crippen LogP contribution < -0.4 is 0 Å². The number of H-pyrrole nitrogens is 1. The normalized spacial score (nSPS) is 10.5. The minimum absolute atomic E-state index is 0.0505. The van der Waals surface area contributed by atoms with Crippen LogP contribution in [-0.2, 0) is 6.54 Å². The zero-order valence-corrected chi connectivity index (χ0v) is 11.6. The third kappa shape index (κ3) is 2.84. The van der Waals surface area contributed by atoms with Crippen LogP contribution in [-0.4, -0.2) is 37.6 Å². The molecule has 0 unspecified atom stereocenters. The number of hydrogen-bond acceptors (Lipinski definition) is 3. The lowest BCUT2D eigenvalue weighted by Crippen LogP contribution is -2.26. The number of amides is 1. The van der Waals surface area contributed by atoms with Gasteiger partial charge >= 0.3 is 0 Å². The van der Waals surface area contributed by atoms with Crippen molar-refractivity contribution in [3.63, 3.8) is 0 Å². The SMILES string of the molecule is CN(Cc1ncn[nH]1)C(=O)c1ccc(-n2cccc2)cc1. The van der Waals surface area contributed by atoms with Crippen LogP contribution in [0.3, 0.4) is 0 Å². The van der Waals surface area contributed by atoms with Crippen molar-refractivity contribution in [3.05, 3.63) is 66.5 Å². The van der Waals surface area contributed by atoms with E-state index in [4.69, 9.17) is 0 Å². The summed E-state index contributed by atoms with van der Waals surface area (Å²) in [7, 11) is 1.74. The van der Waals surface area contributed by atoms with Crippen molar-refractivity contribution in [1.82, 2.24) is 24.6 Å². The molecule has 6 heteroatoms. The molecule has 3 rings (SSSR count). The summed E-state index contributed by atoms with van der Waals surface area (Å²) < 4.78 is 1.99. The van der Waals surface area contributed by atoms with E-state index in [1.165, 1.54) is 6.33 Å². The average molecular weight is 281 g/mol. The van der Waals surface area contributed by atoms with E-state index >= 15 is 0 Å². The molecule has 0 radical (unpaired) electrons. The maximum atomic E-state index is 12.3. The Hall–Kier alpha value is -2.89. The highest BCUT2D eigenvalue weighted by Crippen LogP contribution is 2.12. The fraction of sp³-hybridized carbons (Fsp3) is 0.133. The Labute approximate surface area is 122 Å². The van der Waals surface area contributed by atoms with Crippen LogP contribution in [0.4, 0.5) is 0 Å². The van der Waals surface area contributed by atoms with Gasteiger partial charge in [-0.25, -0.2) is 4.98 Å². The number of aromatic nitrogens is 4. The van der Waals surface area contributed by atoms with Crippen molar-refractivity contribution in [2.75, 3.05) is 7.05 Å². The van der Waals surface area contributed by atoms with Crippen molar-refractivity contribution >= 4 is 5.91 Å². The molecule has 0 bridgehead atoms. The molecule has 0 fully saturated rings. The second-order valence-corrected chi connectivity index (χ2v) is 4.73. The van der Waals surface area contributed by atoms with Crippen LogP contribution in [0.25, 0.3) is 5.69 Å². The number of hydrogen-bond donors (Lipinski definition) is 1. The Kier molecular flexibility index (Phi) is 3.51. The summed E-state index contributed by atoms with van der Waals surface area (Å²) in [6, 6.07) is 11.4. The van der Waals surface area contributed by atoms with Crippen molar-refractivity contribution in [2.45, 2.75) is 6.54 Å². The maximum Gasteiger partial charge on any atom is 0.254 e. The first kappa shape index (κ1) is 13.1. The van der Waals surface area contributed by atoms with E-state index in [0.717, 1.165) is 5.69 Å². The van der Waals surface area contributed by atoms with Crippen LogP contribution in [0.15, 0.2) is 55.1 Å². The summed E-state index contributed by atoms with van der Waals surface area (Å²) in [5.41, 5.74) is 1.67. The minimum atomic E-state index is -0.0505. The number of nitrogens with one attached hydrogen (secondary N) is 1. The average Bonchev–Trinajstić information content (AvgIpc) is 3.20. The number of aromatic amines is 1. The van der Waals surface area contributed by atoms with Gasteiger partial charge in [-0.2, -0.15) is 5.10 Å². The molecule has 1 N–H and O–H groups in total. The van der Waals surface area contributed by atoms with Crippen molar-refractivity contribution in [3.8, 4) is 5.69 Å². The fourth-order valence-corrected chi connectivity index (χ4v) is 2.11. The zero-order chi connectivity index (χ0) is 14.7. The third-order valence-electron chi connectivity index (χ3n) is 3.22. The molecular weight excluding hydrogens is 266 g/mol. The van der Waals surface area contributed by atoms with Gasteiger partial charge in [-0.15, -0.1) is 0 Å². The molecule has 106 valence electrons. The highest BCUT2D eigenvalue weighted by molar-refractivity contribution is 5.94. The molecule has 0 atom stereocenters. The summed E-state index contributed by atoms with van der Waals surface area (Å²) in [5.74, 6) is 0.611. The highest BCUT2D eigenvalue weighted by atomic mass is 16.2.